The predicted molar refractivity (Wildman–Crippen MR) is 47.5 cm³/mol. The normalized spacial score (nSPS) is 39.8. The van der Waals surface area contributed by atoms with Crippen molar-refractivity contribution in [3.63, 3.8) is 0 Å². The zero-order chi connectivity index (χ0) is 10.3. The third-order valence-electron chi connectivity index (χ3n) is 3.67. The van der Waals surface area contributed by atoms with Crippen LogP contribution in [0.25, 0.3) is 0 Å². The Morgan fingerprint density at radius 3 is 2.29 bits per heavy atom. The van der Waals surface area contributed by atoms with Crippen molar-refractivity contribution in [2.75, 3.05) is 7.11 Å². The SMILES string of the molecule is COC(=O)[C@H]1[C@H]2CC[C@H](C2)[C@@H]1C(=O)O. The Kier molecular flexibility index (Phi) is 2.21. The summed E-state index contributed by atoms with van der Waals surface area (Å²) < 4.78 is 4.66. The Morgan fingerprint density at radius 2 is 1.79 bits per heavy atom. The maximum Gasteiger partial charge on any atom is 0.309 e. The van der Waals surface area contributed by atoms with E-state index >= 15 is 0 Å². The molecule has 0 aromatic heterocycles. The third-order valence-corrected chi connectivity index (χ3v) is 3.67. The standard InChI is InChI=1S/C10H14O4/c1-14-10(13)8-6-3-2-5(4-6)7(8)9(11)12/h5-8H,2-4H2,1H3,(H,11,12)/t5-,6+,7+,8+/m1/s1. The Labute approximate surface area is 82.2 Å². The zero-order valence-electron chi connectivity index (χ0n) is 8.10. The molecular formula is C10H14O4. The van der Waals surface area contributed by atoms with E-state index in [0.717, 1.165) is 19.3 Å². The van der Waals surface area contributed by atoms with E-state index < -0.39 is 17.8 Å². The topological polar surface area (TPSA) is 63.6 Å². The van der Waals surface area contributed by atoms with Gasteiger partial charge in [-0.2, -0.15) is 0 Å². The molecule has 2 aliphatic rings. The molecular weight excluding hydrogens is 184 g/mol. The molecule has 2 rings (SSSR count). The van der Waals surface area contributed by atoms with Crippen molar-refractivity contribution < 1.29 is 19.4 Å². The van der Waals surface area contributed by atoms with Gasteiger partial charge in [0.2, 0.25) is 0 Å². The summed E-state index contributed by atoms with van der Waals surface area (Å²) in [5.74, 6) is -1.63. The van der Waals surface area contributed by atoms with E-state index in [1.54, 1.807) is 0 Å². The molecule has 0 spiro atoms. The fraction of sp³-hybridized carbons (Fsp3) is 0.800. The summed E-state index contributed by atoms with van der Waals surface area (Å²) in [6.45, 7) is 0. The lowest BCUT2D eigenvalue weighted by Gasteiger charge is -2.25. The van der Waals surface area contributed by atoms with Crippen LogP contribution in [0.3, 0.4) is 0 Å². The Balaban J connectivity index is 2.21. The molecule has 4 nitrogen and oxygen atoms in total. The molecule has 4 atom stereocenters. The van der Waals surface area contributed by atoms with Crippen LogP contribution in [0.2, 0.25) is 0 Å². The number of carboxylic acids is 1. The number of carbonyl (C=O) groups excluding carboxylic acids is 1. The van der Waals surface area contributed by atoms with Gasteiger partial charge >= 0.3 is 11.9 Å². The van der Waals surface area contributed by atoms with E-state index in [-0.39, 0.29) is 17.8 Å². The first-order valence-corrected chi connectivity index (χ1v) is 4.95. The van der Waals surface area contributed by atoms with Gasteiger partial charge in [0.1, 0.15) is 0 Å². The van der Waals surface area contributed by atoms with Gasteiger partial charge in [-0.1, -0.05) is 0 Å². The minimum atomic E-state index is -0.840. The molecule has 4 heteroatoms. The van der Waals surface area contributed by atoms with Crippen LogP contribution in [-0.2, 0) is 14.3 Å². The molecule has 2 saturated carbocycles. The molecule has 2 aliphatic carbocycles. The first kappa shape index (κ1) is 9.49. The third kappa shape index (κ3) is 1.21. The Bertz CT molecular complexity index is 273. The predicted octanol–water partition coefficient (Wildman–Crippen LogP) is 0.906. The number of carbonyl (C=O) groups is 2. The minimum absolute atomic E-state index is 0.196. The van der Waals surface area contributed by atoms with Crippen LogP contribution in [0.15, 0.2) is 0 Å². The van der Waals surface area contributed by atoms with E-state index in [1.165, 1.54) is 7.11 Å². The van der Waals surface area contributed by atoms with E-state index in [0.29, 0.717) is 0 Å². The summed E-state index contributed by atoms with van der Waals surface area (Å²) in [6.07, 6.45) is 2.82. The van der Waals surface area contributed by atoms with Crippen LogP contribution in [-0.4, -0.2) is 24.2 Å². The molecule has 1 N–H and O–H groups in total. The van der Waals surface area contributed by atoms with Gasteiger partial charge in [-0.25, -0.2) is 0 Å². The number of rotatable bonds is 2. The molecule has 0 saturated heterocycles. The van der Waals surface area contributed by atoms with Gasteiger partial charge in [-0.3, -0.25) is 9.59 Å². The molecule has 0 aliphatic heterocycles. The second-order valence-electron chi connectivity index (χ2n) is 4.25. The highest BCUT2D eigenvalue weighted by Gasteiger charge is 2.54. The number of fused-ring (bicyclic) bond motifs is 2. The van der Waals surface area contributed by atoms with Crippen molar-refractivity contribution in [1.29, 1.82) is 0 Å². The van der Waals surface area contributed by atoms with Crippen molar-refractivity contribution >= 4 is 11.9 Å². The highest BCUT2D eigenvalue weighted by Crippen LogP contribution is 2.52. The molecule has 14 heavy (non-hydrogen) atoms. The second-order valence-corrected chi connectivity index (χ2v) is 4.25. The average Bonchev–Trinajstić information content (AvgIpc) is 2.74. The van der Waals surface area contributed by atoms with E-state index in [1.807, 2.05) is 0 Å². The number of hydrogen-bond acceptors (Lipinski definition) is 3. The molecule has 2 bridgehead atoms. The summed E-state index contributed by atoms with van der Waals surface area (Å²) in [5.41, 5.74) is 0. The van der Waals surface area contributed by atoms with E-state index in [2.05, 4.69) is 4.74 Å². The molecule has 2 fully saturated rings. The summed E-state index contributed by atoms with van der Waals surface area (Å²) in [4.78, 5) is 22.4. The Hall–Kier alpha value is -1.06. The van der Waals surface area contributed by atoms with Gasteiger partial charge < -0.3 is 9.84 Å². The smallest absolute Gasteiger partial charge is 0.309 e. The maximum absolute atomic E-state index is 11.4. The number of esters is 1. The molecule has 0 radical (unpaired) electrons. The van der Waals surface area contributed by atoms with Crippen molar-refractivity contribution in [2.45, 2.75) is 19.3 Å². The number of carboxylic acid groups (broad SMARTS) is 1. The van der Waals surface area contributed by atoms with Gasteiger partial charge in [0.15, 0.2) is 0 Å². The van der Waals surface area contributed by atoms with Crippen LogP contribution in [0.4, 0.5) is 0 Å². The van der Waals surface area contributed by atoms with Crippen molar-refractivity contribution in [2.24, 2.45) is 23.7 Å². The van der Waals surface area contributed by atoms with Gasteiger partial charge in [0.25, 0.3) is 0 Å². The molecule has 0 amide bonds. The summed E-state index contributed by atoms with van der Waals surface area (Å²) in [7, 11) is 1.33. The van der Waals surface area contributed by atoms with Crippen LogP contribution in [0.1, 0.15) is 19.3 Å². The fourth-order valence-corrected chi connectivity index (χ4v) is 3.12. The second kappa shape index (κ2) is 3.26. The van der Waals surface area contributed by atoms with Crippen LogP contribution < -0.4 is 0 Å². The van der Waals surface area contributed by atoms with Gasteiger partial charge in [-0.15, -0.1) is 0 Å². The van der Waals surface area contributed by atoms with Crippen LogP contribution >= 0.6 is 0 Å². The molecule has 0 heterocycles. The lowest BCUT2D eigenvalue weighted by molar-refractivity contribution is -0.158. The largest absolute Gasteiger partial charge is 0.481 e. The first-order valence-electron chi connectivity index (χ1n) is 4.95. The number of aliphatic carboxylic acids is 1. The zero-order valence-corrected chi connectivity index (χ0v) is 8.10. The lowest BCUT2D eigenvalue weighted by Crippen LogP contribution is -2.35. The molecule has 0 aromatic carbocycles. The number of hydrogen-bond donors (Lipinski definition) is 1. The lowest BCUT2D eigenvalue weighted by atomic mass is 9.79. The number of methoxy groups -OCH3 is 1. The van der Waals surface area contributed by atoms with Gasteiger partial charge in [-0.05, 0) is 31.1 Å². The molecule has 0 unspecified atom stereocenters. The van der Waals surface area contributed by atoms with Crippen molar-refractivity contribution in [3.8, 4) is 0 Å². The first-order chi connectivity index (χ1) is 6.65. The van der Waals surface area contributed by atoms with Crippen LogP contribution in [0, 0.1) is 23.7 Å². The maximum atomic E-state index is 11.4. The number of ether oxygens (including phenoxy) is 1. The van der Waals surface area contributed by atoms with Gasteiger partial charge in [0, 0.05) is 0 Å². The molecule has 78 valence electrons. The summed E-state index contributed by atoms with van der Waals surface area (Å²) in [6, 6.07) is 0. The molecule has 0 aromatic rings. The monoisotopic (exact) mass is 198 g/mol. The van der Waals surface area contributed by atoms with Crippen LogP contribution in [0.5, 0.6) is 0 Å². The minimum Gasteiger partial charge on any atom is -0.481 e. The highest BCUT2D eigenvalue weighted by atomic mass is 16.5. The van der Waals surface area contributed by atoms with E-state index in [4.69, 9.17) is 5.11 Å². The van der Waals surface area contributed by atoms with Gasteiger partial charge in [0.05, 0.1) is 18.9 Å². The Morgan fingerprint density at radius 1 is 1.21 bits per heavy atom. The fourth-order valence-electron chi connectivity index (χ4n) is 3.12. The van der Waals surface area contributed by atoms with E-state index in [9.17, 15) is 9.59 Å². The summed E-state index contributed by atoms with van der Waals surface area (Å²) >= 11 is 0. The summed E-state index contributed by atoms with van der Waals surface area (Å²) in [5, 5.41) is 9.04. The average molecular weight is 198 g/mol. The van der Waals surface area contributed by atoms with Crippen molar-refractivity contribution in [1.82, 2.24) is 0 Å². The quantitative estimate of drug-likeness (QED) is 0.670. The highest BCUT2D eigenvalue weighted by molar-refractivity contribution is 5.82. The van der Waals surface area contributed by atoms with Crippen molar-refractivity contribution in [3.05, 3.63) is 0 Å².